The Kier molecular flexibility index (Phi) is 16.1. The molecular weight excluding hydrogens is 709 g/mol. The van der Waals surface area contributed by atoms with E-state index < -0.39 is 6.29 Å². The Labute approximate surface area is 341 Å². The molecule has 2 amide bonds. The van der Waals surface area contributed by atoms with E-state index in [1.807, 2.05) is 24.3 Å². The average Bonchev–Trinajstić information content (AvgIpc) is 3.48. The first-order valence-electron chi connectivity index (χ1n) is 21.8. The number of carbonyl (C=O) groups excluding carboxylic acids is 2. The molecule has 6 rings (SSSR count). The molecule has 0 aliphatic carbocycles. The molecule has 0 aromatic heterocycles. The Balaban J connectivity index is 1.17. The smallest absolute Gasteiger partial charge is 0.261 e. The lowest BCUT2D eigenvalue weighted by molar-refractivity contribution is -0.276. The highest BCUT2D eigenvalue weighted by molar-refractivity contribution is 6.21. The predicted octanol–water partition coefficient (Wildman–Crippen LogP) is 11.5. The molecule has 0 bridgehead atoms. The number of carbonyl (C=O) groups is 2. The molecule has 7 heteroatoms. The van der Waals surface area contributed by atoms with Crippen LogP contribution in [0.3, 0.4) is 0 Å². The summed E-state index contributed by atoms with van der Waals surface area (Å²) in [6.45, 7) is 10.1. The lowest BCUT2D eigenvalue weighted by Crippen LogP contribution is -2.45. The van der Waals surface area contributed by atoms with Gasteiger partial charge in [-0.3, -0.25) is 14.5 Å². The van der Waals surface area contributed by atoms with Crippen molar-refractivity contribution in [2.24, 2.45) is 5.92 Å². The van der Waals surface area contributed by atoms with Gasteiger partial charge in [-0.25, -0.2) is 0 Å². The maximum absolute atomic E-state index is 13.0. The van der Waals surface area contributed by atoms with E-state index in [9.17, 15) is 14.7 Å². The van der Waals surface area contributed by atoms with E-state index in [2.05, 4.69) is 74.2 Å². The highest BCUT2D eigenvalue weighted by atomic mass is 16.7. The Morgan fingerprint density at radius 3 is 1.79 bits per heavy atom. The summed E-state index contributed by atoms with van der Waals surface area (Å²) in [5, 5.41) is 9.74. The van der Waals surface area contributed by atoms with Gasteiger partial charge in [0.15, 0.2) is 6.29 Å². The molecule has 1 fully saturated rings. The van der Waals surface area contributed by atoms with Gasteiger partial charge in [-0.15, -0.1) is 0 Å². The van der Waals surface area contributed by atoms with E-state index >= 15 is 0 Å². The van der Waals surface area contributed by atoms with E-state index in [1.165, 1.54) is 81.9 Å². The van der Waals surface area contributed by atoms with Crippen molar-refractivity contribution in [2.45, 2.75) is 129 Å². The minimum absolute atomic E-state index is 0.0135. The lowest BCUT2D eigenvalue weighted by atomic mass is 9.89. The SMILES string of the molecule is CCCCCCCCN(CCCCCCCC)C[C@H]1O[C@@H](c2ccc(-c3cccc(CN4C(=O)c5ccccc5C4=O)c3)cc2)O[C@@H](c2ccc(CO)cc2)[C@H]1C. The van der Waals surface area contributed by atoms with E-state index in [4.69, 9.17) is 9.47 Å². The number of nitrogens with zero attached hydrogens (tertiary/aromatic N) is 2. The van der Waals surface area contributed by atoms with Gasteiger partial charge in [0.1, 0.15) is 0 Å². The molecule has 1 N–H and O–H groups in total. The van der Waals surface area contributed by atoms with Gasteiger partial charge < -0.3 is 19.5 Å². The summed E-state index contributed by atoms with van der Waals surface area (Å²) in [7, 11) is 0. The Hall–Kier alpha value is -4.14. The van der Waals surface area contributed by atoms with Crippen molar-refractivity contribution in [3.05, 3.63) is 130 Å². The molecule has 0 unspecified atom stereocenters. The molecule has 4 atom stereocenters. The first-order valence-corrected chi connectivity index (χ1v) is 21.8. The summed E-state index contributed by atoms with van der Waals surface area (Å²) in [5.74, 6) is -0.371. The van der Waals surface area contributed by atoms with Crippen molar-refractivity contribution in [1.29, 1.82) is 0 Å². The second kappa shape index (κ2) is 21.6. The van der Waals surface area contributed by atoms with Crippen molar-refractivity contribution in [3.8, 4) is 11.1 Å². The molecule has 2 aliphatic rings. The highest BCUT2D eigenvalue weighted by Crippen LogP contribution is 2.42. The maximum Gasteiger partial charge on any atom is 0.261 e. The lowest BCUT2D eigenvalue weighted by Gasteiger charge is -2.43. The summed E-state index contributed by atoms with van der Waals surface area (Å²) in [6.07, 6.45) is 14.7. The molecule has 0 radical (unpaired) electrons. The van der Waals surface area contributed by atoms with Gasteiger partial charge in [0, 0.05) is 18.0 Å². The van der Waals surface area contributed by atoms with Gasteiger partial charge in [0.05, 0.1) is 36.5 Å². The zero-order chi connectivity index (χ0) is 40.0. The Morgan fingerprint density at radius 2 is 1.19 bits per heavy atom. The summed E-state index contributed by atoms with van der Waals surface area (Å²) >= 11 is 0. The number of fused-ring (bicyclic) bond motifs is 1. The normalized spacial score (nSPS) is 19.4. The van der Waals surface area contributed by atoms with Crippen molar-refractivity contribution in [1.82, 2.24) is 9.80 Å². The standard InChI is InChI=1S/C50H64N2O5/c1-4-6-8-10-12-16-31-51(32-17-13-11-9-7-5-2)35-46-37(3)47(41-25-23-38(36-53)24-26-41)57-50(56-46)42-29-27-40(28-30-42)43-20-18-19-39(33-43)34-52-48(54)44-21-14-15-22-45(44)49(52)55/h14-15,18-30,33,37,46-47,50,53H,4-13,16-17,31-32,34-36H2,1-3H3/t37-,46+,47+,50+/m0/s1. The molecule has 7 nitrogen and oxygen atoms in total. The van der Waals surface area contributed by atoms with Crippen LogP contribution in [0.25, 0.3) is 11.1 Å². The second-order valence-electron chi connectivity index (χ2n) is 16.2. The van der Waals surface area contributed by atoms with Crippen molar-refractivity contribution < 1.29 is 24.2 Å². The molecule has 57 heavy (non-hydrogen) atoms. The number of imide groups is 1. The minimum atomic E-state index is -0.534. The fraction of sp³-hybridized carbons (Fsp3) is 0.480. The maximum atomic E-state index is 13.0. The third-order valence-electron chi connectivity index (χ3n) is 11.9. The van der Waals surface area contributed by atoms with Crippen LogP contribution in [-0.4, -0.2) is 52.5 Å². The van der Waals surface area contributed by atoms with Crippen LogP contribution in [0.1, 0.15) is 153 Å². The molecular formula is C50H64N2O5. The summed E-state index contributed by atoms with van der Waals surface area (Å²) in [5.41, 5.74) is 6.81. The van der Waals surface area contributed by atoms with Crippen molar-refractivity contribution >= 4 is 11.8 Å². The number of aliphatic hydroxyl groups is 1. The summed E-state index contributed by atoms with van der Waals surface area (Å²) < 4.78 is 13.8. The molecule has 1 saturated heterocycles. The molecule has 2 heterocycles. The van der Waals surface area contributed by atoms with E-state index in [0.29, 0.717) is 11.1 Å². The number of aliphatic hydroxyl groups excluding tert-OH is 1. The van der Waals surface area contributed by atoms with E-state index in [1.54, 1.807) is 24.3 Å². The highest BCUT2D eigenvalue weighted by Gasteiger charge is 2.39. The fourth-order valence-corrected chi connectivity index (χ4v) is 8.36. The first-order chi connectivity index (χ1) is 27.9. The number of ether oxygens (including phenoxy) is 2. The summed E-state index contributed by atoms with van der Waals surface area (Å²) in [4.78, 5) is 30.1. The number of hydrogen-bond donors (Lipinski definition) is 1. The second-order valence-corrected chi connectivity index (χ2v) is 16.2. The van der Waals surface area contributed by atoms with Crippen LogP contribution < -0.4 is 0 Å². The largest absolute Gasteiger partial charge is 0.392 e. The van der Waals surface area contributed by atoms with E-state index in [0.717, 1.165) is 53.0 Å². The zero-order valence-electron chi connectivity index (χ0n) is 34.5. The van der Waals surface area contributed by atoms with Crippen molar-refractivity contribution in [3.63, 3.8) is 0 Å². The number of unbranched alkanes of at least 4 members (excludes halogenated alkanes) is 10. The number of rotatable bonds is 22. The van der Waals surface area contributed by atoms with Crippen LogP contribution in [0.5, 0.6) is 0 Å². The quantitative estimate of drug-likeness (QED) is 0.0633. The van der Waals surface area contributed by atoms with Crippen LogP contribution >= 0.6 is 0 Å². The Bertz CT molecular complexity index is 1810. The van der Waals surface area contributed by atoms with Gasteiger partial charge in [-0.2, -0.15) is 0 Å². The third kappa shape index (κ3) is 11.3. The van der Waals surface area contributed by atoms with Crippen LogP contribution in [-0.2, 0) is 22.6 Å². The number of benzene rings is 4. The zero-order valence-corrected chi connectivity index (χ0v) is 34.5. The number of amides is 2. The fourth-order valence-electron chi connectivity index (χ4n) is 8.36. The van der Waals surface area contributed by atoms with Gasteiger partial charge >= 0.3 is 0 Å². The summed E-state index contributed by atoms with van der Waals surface area (Å²) in [6, 6.07) is 31.6. The molecule has 304 valence electrons. The topological polar surface area (TPSA) is 79.3 Å². The molecule has 4 aromatic carbocycles. The molecule has 0 saturated carbocycles. The van der Waals surface area contributed by atoms with Gasteiger partial charge in [0.25, 0.3) is 11.8 Å². The molecule has 2 aliphatic heterocycles. The van der Waals surface area contributed by atoms with E-state index in [-0.39, 0.29) is 43.1 Å². The van der Waals surface area contributed by atoms with Gasteiger partial charge in [-0.05, 0) is 71.9 Å². The van der Waals surface area contributed by atoms with Gasteiger partial charge in [0.2, 0.25) is 0 Å². The monoisotopic (exact) mass is 772 g/mol. The minimum Gasteiger partial charge on any atom is -0.392 e. The molecule has 0 spiro atoms. The Morgan fingerprint density at radius 1 is 0.614 bits per heavy atom. The van der Waals surface area contributed by atoms with Crippen LogP contribution in [0.2, 0.25) is 0 Å². The predicted molar refractivity (Wildman–Crippen MR) is 229 cm³/mol. The number of hydrogen-bond acceptors (Lipinski definition) is 6. The van der Waals surface area contributed by atoms with Crippen molar-refractivity contribution in [2.75, 3.05) is 19.6 Å². The van der Waals surface area contributed by atoms with Gasteiger partial charge in [-0.1, -0.05) is 164 Å². The van der Waals surface area contributed by atoms with Crippen LogP contribution in [0.4, 0.5) is 0 Å². The molecule has 4 aromatic rings. The first kappa shape index (κ1) is 42.5. The average molecular weight is 773 g/mol. The van der Waals surface area contributed by atoms with Crippen LogP contribution in [0.15, 0.2) is 97.1 Å². The van der Waals surface area contributed by atoms with Crippen LogP contribution in [0, 0.1) is 5.92 Å². The third-order valence-corrected chi connectivity index (χ3v) is 11.9.